The topological polar surface area (TPSA) is 0 Å². The van der Waals surface area contributed by atoms with Gasteiger partial charge in [0, 0.05) is 0 Å². The van der Waals surface area contributed by atoms with E-state index in [-0.39, 0.29) is 0 Å². The Bertz CT molecular complexity index is 252. The molecule has 0 nitrogen and oxygen atoms in total. The summed E-state index contributed by atoms with van der Waals surface area (Å²) in [5.74, 6) is 0.520. The Morgan fingerprint density at radius 3 is 3.17 bits per heavy atom. The summed E-state index contributed by atoms with van der Waals surface area (Å²) in [6, 6.07) is 0. The fourth-order valence-electron chi connectivity index (χ4n) is 1.07. The molecule has 0 aliphatic heterocycles. The SMILES string of the molecule is CCC1C=CCC=C=C(Cl)/C=C\1. The van der Waals surface area contributed by atoms with Crippen molar-refractivity contribution in [1.29, 1.82) is 0 Å². The van der Waals surface area contributed by atoms with Crippen LogP contribution in [0.3, 0.4) is 0 Å². The second-order valence-corrected chi connectivity index (χ2v) is 3.20. The second-order valence-electron chi connectivity index (χ2n) is 2.79. The Morgan fingerprint density at radius 1 is 1.58 bits per heavy atom. The lowest BCUT2D eigenvalue weighted by Crippen LogP contribution is -1.87. The summed E-state index contributed by atoms with van der Waals surface area (Å²) in [6.45, 7) is 2.17. The Labute approximate surface area is 78.9 Å². The largest absolute Gasteiger partial charge is 0.105 e. The molecule has 1 aliphatic carbocycles. The highest BCUT2D eigenvalue weighted by Gasteiger charge is 1.95. The summed E-state index contributed by atoms with van der Waals surface area (Å²) in [4.78, 5) is 0. The van der Waals surface area contributed by atoms with Gasteiger partial charge >= 0.3 is 0 Å². The maximum absolute atomic E-state index is 5.85. The summed E-state index contributed by atoms with van der Waals surface area (Å²) < 4.78 is 0. The summed E-state index contributed by atoms with van der Waals surface area (Å²) in [5.41, 5.74) is 2.99. The van der Waals surface area contributed by atoms with Crippen LogP contribution in [-0.2, 0) is 0 Å². The van der Waals surface area contributed by atoms with E-state index in [1.165, 1.54) is 0 Å². The molecule has 0 aromatic heterocycles. The number of allylic oxidation sites excluding steroid dienone is 5. The average Bonchev–Trinajstić information content (AvgIpc) is 2.17. The lowest BCUT2D eigenvalue weighted by Gasteiger charge is -2.00. The first-order valence-electron chi connectivity index (χ1n) is 4.28. The molecule has 12 heavy (non-hydrogen) atoms. The van der Waals surface area contributed by atoms with Gasteiger partial charge in [-0.25, -0.2) is 0 Å². The smallest absolute Gasteiger partial charge is 0.0818 e. The van der Waals surface area contributed by atoms with Crippen molar-refractivity contribution in [2.24, 2.45) is 5.92 Å². The lowest BCUT2D eigenvalue weighted by molar-refractivity contribution is 0.772. The van der Waals surface area contributed by atoms with Gasteiger partial charge in [0.15, 0.2) is 0 Å². The van der Waals surface area contributed by atoms with Gasteiger partial charge < -0.3 is 0 Å². The molecule has 1 atom stereocenters. The zero-order valence-electron chi connectivity index (χ0n) is 7.26. The van der Waals surface area contributed by atoms with Crippen LogP contribution in [0.25, 0.3) is 0 Å². The lowest BCUT2D eigenvalue weighted by atomic mass is 10.1. The van der Waals surface area contributed by atoms with Crippen LogP contribution < -0.4 is 0 Å². The number of hydrogen-bond acceptors (Lipinski definition) is 0. The van der Waals surface area contributed by atoms with Crippen LogP contribution in [0.15, 0.2) is 41.1 Å². The minimum atomic E-state index is 0.520. The van der Waals surface area contributed by atoms with Crippen molar-refractivity contribution in [3.8, 4) is 0 Å². The van der Waals surface area contributed by atoms with E-state index in [1.54, 1.807) is 0 Å². The van der Waals surface area contributed by atoms with Crippen LogP contribution in [0.5, 0.6) is 0 Å². The van der Waals surface area contributed by atoms with E-state index in [9.17, 15) is 0 Å². The molecule has 1 aliphatic rings. The molecular weight excluding hydrogens is 168 g/mol. The van der Waals surface area contributed by atoms with Crippen LogP contribution >= 0.6 is 11.6 Å². The summed E-state index contributed by atoms with van der Waals surface area (Å²) in [5, 5.41) is 0.692. The van der Waals surface area contributed by atoms with Crippen LogP contribution in [0.1, 0.15) is 19.8 Å². The van der Waals surface area contributed by atoms with Crippen molar-refractivity contribution in [1.82, 2.24) is 0 Å². The van der Waals surface area contributed by atoms with E-state index in [4.69, 9.17) is 11.6 Å². The summed E-state index contributed by atoms with van der Waals surface area (Å²) in [7, 11) is 0. The highest BCUT2D eigenvalue weighted by atomic mass is 35.5. The predicted molar refractivity (Wildman–Crippen MR) is 54.1 cm³/mol. The molecule has 0 saturated carbocycles. The molecule has 0 amide bonds. The van der Waals surface area contributed by atoms with Crippen LogP contribution in [-0.4, -0.2) is 0 Å². The maximum atomic E-state index is 5.85. The van der Waals surface area contributed by atoms with Crippen LogP contribution in [0.4, 0.5) is 0 Å². The molecule has 1 rings (SSSR count). The van der Waals surface area contributed by atoms with E-state index in [0.717, 1.165) is 12.8 Å². The fraction of sp³-hybridized carbons (Fsp3) is 0.364. The second kappa shape index (κ2) is 5.03. The summed E-state index contributed by atoms with van der Waals surface area (Å²) in [6.07, 6.45) is 12.4. The molecular formula is C11H13Cl. The first kappa shape index (κ1) is 9.38. The van der Waals surface area contributed by atoms with E-state index in [2.05, 4.69) is 30.9 Å². The van der Waals surface area contributed by atoms with Crippen LogP contribution in [0.2, 0.25) is 0 Å². The Hall–Kier alpha value is -0.710. The summed E-state index contributed by atoms with van der Waals surface area (Å²) >= 11 is 5.85. The van der Waals surface area contributed by atoms with Gasteiger partial charge in [-0.2, -0.15) is 0 Å². The average molecular weight is 181 g/mol. The standard InChI is InChI=1S/C11H13Cl/c1-2-10-6-4-3-5-7-11(12)9-8-10/h4-6,8-10H,2-3H2,1H3/b6-4?,9-8-. The van der Waals surface area contributed by atoms with Gasteiger partial charge in [-0.05, 0) is 30.9 Å². The Kier molecular flexibility index (Phi) is 3.93. The van der Waals surface area contributed by atoms with Gasteiger partial charge in [0.2, 0.25) is 0 Å². The number of hydrogen-bond donors (Lipinski definition) is 0. The van der Waals surface area contributed by atoms with Crippen molar-refractivity contribution in [3.05, 3.63) is 41.1 Å². The van der Waals surface area contributed by atoms with Crippen molar-refractivity contribution in [3.63, 3.8) is 0 Å². The minimum Gasteiger partial charge on any atom is -0.105 e. The molecule has 1 unspecified atom stereocenters. The van der Waals surface area contributed by atoms with E-state index in [1.807, 2.05) is 12.2 Å². The van der Waals surface area contributed by atoms with Crippen molar-refractivity contribution >= 4 is 11.6 Å². The number of halogens is 1. The van der Waals surface area contributed by atoms with E-state index < -0.39 is 0 Å². The van der Waals surface area contributed by atoms with Gasteiger partial charge in [-0.3, -0.25) is 0 Å². The van der Waals surface area contributed by atoms with Crippen LogP contribution in [0, 0.1) is 5.92 Å². The normalized spacial score (nSPS) is 25.5. The van der Waals surface area contributed by atoms with E-state index in [0.29, 0.717) is 11.0 Å². The van der Waals surface area contributed by atoms with Crippen molar-refractivity contribution in [2.75, 3.05) is 0 Å². The zero-order valence-corrected chi connectivity index (χ0v) is 8.01. The molecule has 1 heteroatoms. The third-order valence-electron chi connectivity index (χ3n) is 1.84. The molecule has 0 spiro atoms. The fourth-order valence-corrected chi connectivity index (χ4v) is 1.22. The first-order chi connectivity index (χ1) is 5.83. The third kappa shape index (κ3) is 3.13. The molecule has 0 aromatic carbocycles. The van der Waals surface area contributed by atoms with Crippen molar-refractivity contribution < 1.29 is 0 Å². The van der Waals surface area contributed by atoms with E-state index >= 15 is 0 Å². The first-order valence-corrected chi connectivity index (χ1v) is 4.66. The molecule has 0 heterocycles. The highest BCUT2D eigenvalue weighted by Crippen LogP contribution is 2.12. The van der Waals surface area contributed by atoms with Gasteiger partial charge in [0.05, 0.1) is 5.03 Å². The zero-order chi connectivity index (χ0) is 8.81. The predicted octanol–water partition coefficient (Wildman–Crippen LogP) is 3.81. The highest BCUT2D eigenvalue weighted by molar-refractivity contribution is 6.31. The van der Waals surface area contributed by atoms with Gasteiger partial charge in [-0.1, -0.05) is 36.8 Å². The third-order valence-corrected chi connectivity index (χ3v) is 2.07. The number of rotatable bonds is 1. The molecule has 64 valence electrons. The van der Waals surface area contributed by atoms with Gasteiger partial charge in [0.25, 0.3) is 0 Å². The molecule has 0 bridgehead atoms. The monoisotopic (exact) mass is 180 g/mol. The Morgan fingerprint density at radius 2 is 2.42 bits per heavy atom. The molecule has 0 saturated heterocycles. The molecule has 0 aromatic rings. The Balaban J connectivity index is 2.78. The minimum absolute atomic E-state index is 0.520. The molecule has 0 fully saturated rings. The van der Waals surface area contributed by atoms with Crippen molar-refractivity contribution in [2.45, 2.75) is 19.8 Å². The quantitative estimate of drug-likeness (QED) is 0.425. The molecule has 0 N–H and O–H groups in total. The van der Waals surface area contributed by atoms with Gasteiger partial charge in [0.1, 0.15) is 0 Å². The maximum Gasteiger partial charge on any atom is 0.0818 e. The molecule has 0 radical (unpaired) electrons. The van der Waals surface area contributed by atoms with Gasteiger partial charge in [-0.15, -0.1) is 5.73 Å².